The summed E-state index contributed by atoms with van der Waals surface area (Å²) >= 11 is 18.8. The Bertz CT molecular complexity index is 1440. The molecule has 0 bridgehead atoms. The van der Waals surface area contributed by atoms with E-state index in [-0.39, 0.29) is 29.5 Å². The topological polar surface area (TPSA) is 79.0 Å². The van der Waals surface area contributed by atoms with Gasteiger partial charge in [-0.1, -0.05) is 53.0 Å². The van der Waals surface area contributed by atoms with Crippen LogP contribution in [0.5, 0.6) is 5.75 Å². The molecule has 3 aromatic carbocycles. The standard InChI is InChI=1S/C28H24Cl3N3O4/c1-17(35)33-9-11-34(12-10-33)26(36)22-7-5-21(31)15-25(22)38-28(16-18-3-2-4-19(29)13-18)23-8-6-20(30)14-24(23)32-27(28)37/h2-8,13-15H,9-12,16H2,1H3,(H,32,37). The predicted octanol–water partition coefficient (Wildman–Crippen LogP) is 5.42. The maximum Gasteiger partial charge on any atom is 0.273 e. The molecule has 2 aliphatic rings. The number of carbonyl (C=O) groups excluding carboxylic acids is 3. The van der Waals surface area contributed by atoms with Gasteiger partial charge < -0.3 is 19.9 Å². The third kappa shape index (κ3) is 5.06. The van der Waals surface area contributed by atoms with Crippen molar-refractivity contribution >= 4 is 58.2 Å². The van der Waals surface area contributed by atoms with Gasteiger partial charge in [-0.15, -0.1) is 0 Å². The van der Waals surface area contributed by atoms with E-state index >= 15 is 0 Å². The summed E-state index contributed by atoms with van der Waals surface area (Å²) in [6, 6.07) is 17.0. The average molecular weight is 573 g/mol. The molecule has 1 atom stereocenters. The van der Waals surface area contributed by atoms with Crippen molar-refractivity contribution in [3.63, 3.8) is 0 Å². The molecule has 1 unspecified atom stereocenters. The Labute approximate surface area is 235 Å². The van der Waals surface area contributed by atoms with Crippen LogP contribution in [-0.2, 0) is 21.6 Å². The largest absolute Gasteiger partial charge is 0.471 e. The minimum atomic E-state index is -1.52. The highest BCUT2D eigenvalue weighted by Crippen LogP contribution is 2.44. The maximum absolute atomic E-state index is 13.6. The molecule has 0 saturated carbocycles. The van der Waals surface area contributed by atoms with E-state index in [9.17, 15) is 14.4 Å². The molecule has 0 aliphatic carbocycles. The lowest BCUT2D eigenvalue weighted by molar-refractivity contribution is -0.131. The Kier molecular flexibility index (Phi) is 7.27. The number of nitrogens with zero attached hydrogens (tertiary/aromatic N) is 2. The molecule has 0 aromatic heterocycles. The Morgan fingerprint density at radius 2 is 1.55 bits per heavy atom. The van der Waals surface area contributed by atoms with Gasteiger partial charge in [0.25, 0.3) is 11.8 Å². The second kappa shape index (κ2) is 10.5. The first-order valence-corrected chi connectivity index (χ1v) is 13.2. The van der Waals surface area contributed by atoms with Crippen molar-refractivity contribution in [2.75, 3.05) is 31.5 Å². The van der Waals surface area contributed by atoms with Crippen molar-refractivity contribution in [1.29, 1.82) is 0 Å². The zero-order valence-electron chi connectivity index (χ0n) is 20.5. The third-order valence-electron chi connectivity index (χ3n) is 6.84. The fourth-order valence-corrected chi connectivity index (χ4v) is 5.45. The van der Waals surface area contributed by atoms with Crippen molar-refractivity contribution < 1.29 is 19.1 Å². The number of hydrogen-bond acceptors (Lipinski definition) is 4. The molecule has 0 radical (unpaired) electrons. The molecule has 1 N–H and O–H groups in total. The zero-order valence-corrected chi connectivity index (χ0v) is 22.7. The summed E-state index contributed by atoms with van der Waals surface area (Å²) in [6.45, 7) is 3.17. The van der Waals surface area contributed by atoms with Gasteiger partial charge in [-0.25, -0.2) is 0 Å². The fraction of sp³-hybridized carbons (Fsp3) is 0.250. The van der Waals surface area contributed by atoms with Crippen LogP contribution in [0.1, 0.15) is 28.4 Å². The first-order valence-electron chi connectivity index (χ1n) is 12.1. The minimum Gasteiger partial charge on any atom is -0.471 e. The van der Waals surface area contributed by atoms with Gasteiger partial charge in [-0.2, -0.15) is 0 Å². The van der Waals surface area contributed by atoms with Gasteiger partial charge in [-0.05, 0) is 48.0 Å². The number of anilines is 1. The highest BCUT2D eigenvalue weighted by molar-refractivity contribution is 6.31. The van der Waals surface area contributed by atoms with Crippen LogP contribution in [0.2, 0.25) is 15.1 Å². The summed E-state index contributed by atoms with van der Waals surface area (Å²) in [5, 5.41) is 4.22. The third-order valence-corrected chi connectivity index (χ3v) is 7.55. The van der Waals surface area contributed by atoms with E-state index in [1.54, 1.807) is 64.4 Å². The van der Waals surface area contributed by atoms with Crippen LogP contribution in [0.4, 0.5) is 5.69 Å². The number of benzene rings is 3. The summed E-state index contributed by atoms with van der Waals surface area (Å²) in [5.41, 5.74) is 0.634. The monoisotopic (exact) mass is 571 g/mol. The van der Waals surface area contributed by atoms with Gasteiger partial charge >= 0.3 is 0 Å². The van der Waals surface area contributed by atoms with E-state index in [1.165, 1.54) is 6.92 Å². The van der Waals surface area contributed by atoms with E-state index in [1.807, 2.05) is 6.07 Å². The average Bonchev–Trinajstić information content (AvgIpc) is 3.13. The summed E-state index contributed by atoms with van der Waals surface area (Å²) < 4.78 is 6.57. The Hall–Kier alpha value is -3.26. The maximum atomic E-state index is 13.6. The van der Waals surface area contributed by atoms with E-state index in [0.29, 0.717) is 52.5 Å². The number of nitrogens with one attached hydrogen (secondary N) is 1. The number of fused-ring (bicyclic) bond motifs is 1. The van der Waals surface area contributed by atoms with Crippen LogP contribution in [0, 0.1) is 0 Å². The lowest BCUT2D eigenvalue weighted by Crippen LogP contribution is -2.50. The molecule has 196 valence electrons. The van der Waals surface area contributed by atoms with Crippen LogP contribution < -0.4 is 10.1 Å². The fourth-order valence-electron chi connectivity index (χ4n) is 4.90. The van der Waals surface area contributed by atoms with Crippen LogP contribution in [-0.4, -0.2) is 53.7 Å². The van der Waals surface area contributed by atoms with Gasteiger partial charge in [0.05, 0.1) is 11.3 Å². The summed E-state index contributed by atoms with van der Waals surface area (Å²) in [4.78, 5) is 42.4. The Morgan fingerprint density at radius 1 is 0.895 bits per heavy atom. The molecular weight excluding hydrogens is 549 g/mol. The Balaban J connectivity index is 1.55. The van der Waals surface area contributed by atoms with E-state index in [2.05, 4.69) is 5.32 Å². The molecule has 0 spiro atoms. The van der Waals surface area contributed by atoms with Crippen molar-refractivity contribution in [3.8, 4) is 5.75 Å². The van der Waals surface area contributed by atoms with Gasteiger partial charge in [0.2, 0.25) is 11.5 Å². The number of rotatable bonds is 5. The molecule has 10 heteroatoms. The van der Waals surface area contributed by atoms with Crippen LogP contribution in [0.15, 0.2) is 60.7 Å². The normalized spacial score (nSPS) is 18.7. The molecule has 3 amide bonds. The first kappa shape index (κ1) is 26.4. The summed E-state index contributed by atoms with van der Waals surface area (Å²) in [5.74, 6) is -0.520. The number of ether oxygens (including phenoxy) is 1. The van der Waals surface area contributed by atoms with E-state index in [0.717, 1.165) is 5.56 Å². The molecule has 1 fully saturated rings. The first-order chi connectivity index (χ1) is 18.2. The molecular formula is C28H24Cl3N3O4. The number of carbonyl (C=O) groups is 3. The van der Waals surface area contributed by atoms with Crippen molar-refractivity contribution in [3.05, 3.63) is 92.4 Å². The zero-order chi connectivity index (χ0) is 27.0. The number of halogens is 3. The second-order valence-electron chi connectivity index (χ2n) is 9.32. The SMILES string of the molecule is CC(=O)N1CCN(C(=O)c2ccc(Cl)cc2OC2(Cc3cccc(Cl)c3)C(=O)Nc3cc(Cl)ccc32)CC1. The molecule has 2 aliphatic heterocycles. The number of amides is 3. The van der Waals surface area contributed by atoms with E-state index in [4.69, 9.17) is 39.5 Å². The van der Waals surface area contributed by atoms with Gasteiger partial charge in [0, 0.05) is 60.2 Å². The smallest absolute Gasteiger partial charge is 0.273 e. The highest BCUT2D eigenvalue weighted by Gasteiger charge is 2.50. The van der Waals surface area contributed by atoms with Crippen LogP contribution in [0.3, 0.4) is 0 Å². The molecule has 5 rings (SSSR count). The van der Waals surface area contributed by atoms with Gasteiger partial charge in [0.1, 0.15) is 5.75 Å². The van der Waals surface area contributed by atoms with Crippen molar-refractivity contribution in [2.24, 2.45) is 0 Å². The number of hydrogen-bond donors (Lipinski definition) is 1. The lowest BCUT2D eigenvalue weighted by Gasteiger charge is -2.35. The van der Waals surface area contributed by atoms with Crippen molar-refractivity contribution in [1.82, 2.24) is 9.80 Å². The minimum absolute atomic E-state index is 0.0263. The Morgan fingerprint density at radius 3 is 2.26 bits per heavy atom. The lowest BCUT2D eigenvalue weighted by atomic mass is 9.87. The van der Waals surface area contributed by atoms with E-state index < -0.39 is 11.5 Å². The summed E-state index contributed by atoms with van der Waals surface area (Å²) in [6.07, 6.45) is 0.144. The van der Waals surface area contributed by atoms with Crippen molar-refractivity contribution in [2.45, 2.75) is 18.9 Å². The predicted molar refractivity (Wildman–Crippen MR) is 147 cm³/mol. The van der Waals surface area contributed by atoms with Crippen LogP contribution in [0.25, 0.3) is 0 Å². The summed E-state index contributed by atoms with van der Waals surface area (Å²) in [7, 11) is 0. The molecule has 2 heterocycles. The van der Waals surface area contributed by atoms with Gasteiger partial charge in [0.15, 0.2) is 0 Å². The quantitative estimate of drug-likeness (QED) is 0.443. The van der Waals surface area contributed by atoms with Gasteiger partial charge in [-0.3, -0.25) is 14.4 Å². The van der Waals surface area contributed by atoms with Crippen LogP contribution >= 0.6 is 34.8 Å². The molecule has 38 heavy (non-hydrogen) atoms. The number of piperazine rings is 1. The molecule has 1 saturated heterocycles. The second-order valence-corrected chi connectivity index (χ2v) is 10.6. The molecule has 3 aromatic rings. The highest BCUT2D eigenvalue weighted by atomic mass is 35.5. The molecule has 7 nitrogen and oxygen atoms in total.